The van der Waals surface area contributed by atoms with E-state index in [0.29, 0.717) is 25.6 Å². The maximum atomic E-state index is 12.5. The third-order valence-electron chi connectivity index (χ3n) is 3.45. The summed E-state index contributed by atoms with van der Waals surface area (Å²) < 4.78 is 5.43. The molecule has 0 aromatic heterocycles. The Bertz CT molecular complexity index is 347. The van der Waals surface area contributed by atoms with Gasteiger partial charge in [-0.15, -0.1) is 0 Å². The molecule has 21 heavy (non-hydrogen) atoms. The third-order valence-corrected chi connectivity index (χ3v) is 3.45. The Morgan fingerprint density at radius 1 is 1.24 bits per heavy atom. The first kappa shape index (κ1) is 20.3. The number of carbonyl (C=O) groups is 1. The van der Waals surface area contributed by atoms with Crippen LogP contribution in [0.5, 0.6) is 0 Å². The van der Waals surface area contributed by atoms with E-state index < -0.39 is 5.41 Å². The second-order valence-corrected chi connectivity index (χ2v) is 7.01. The molecular formula is C17H34N2O2. The van der Waals surface area contributed by atoms with Crippen LogP contribution >= 0.6 is 0 Å². The van der Waals surface area contributed by atoms with Crippen LogP contribution < -0.4 is 0 Å². The standard InChI is InChI=1S/C17H34N2O2/c1-9-21-12-17(5,6)16(20)10-15(13(2)3)18-14(4)11-19(7)8/h13-14H,9-12H2,1-8H3. The molecule has 0 saturated carbocycles. The Labute approximate surface area is 131 Å². The van der Waals surface area contributed by atoms with Crippen molar-refractivity contribution in [2.24, 2.45) is 16.3 Å². The lowest BCUT2D eigenvalue weighted by atomic mass is 9.84. The molecule has 0 fully saturated rings. The van der Waals surface area contributed by atoms with Gasteiger partial charge >= 0.3 is 0 Å². The molecule has 0 amide bonds. The van der Waals surface area contributed by atoms with Crippen LogP contribution in [-0.4, -0.2) is 56.3 Å². The number of nitrogens with zero attached hydrogens (tertiary/aromatic N) is 2. The molecule has 0 saturated heterocycles. The Kier molecular flexibility index (Phi) is 8.98. The molecule has 0 aliphatic carbocycles. The summed E-state index contributed by atoms with van der Waals surface area (Å²) in [5, 5.41) is 0. The maximum Gasteiger partial charge on any atom is 0.146 e. The highest BCUT2D eigenvalue weighted by atomic mass is 16.5. The van der Waals surface area contributed by atoms with Crippen molar-refractivity contribution in [1.82, 2.24) is 4.90 Å². The number of rotatable bonds is 10. The molecule has 0 aliphatic heterocycles. The largest absolute Gasteiger partial charge is 0.381 e. The van der Waals surface area contributed by atoms with Gasteiger partial charge in [0.2, 0.25) is 0 Å². The average molecular weight is 298 g/mol. The molecule has 1 atom stereocenters. The molecule has 4 nitrogen and oxygen atoms in total. The zero-order chi connectivity index (χ0) is 16.6. The second-order valence-electron chi connectivity index (χ2n) is 7.01. The topological polar surface area (TPSA) is 41.9 Å². The van der Waals surface area contributed by atoms with E-state index in [1.54, 1.807) is 0 Å². The molecular weight excluding hydrogens is 264 g/mol. The summed E-state index contributed by atoms with van der Waals surface area (Å²) in [7, 11) is 4.08. The van der Waals surface area contributed by atoms with Gasteiger partial charge in [-0.3, -0.25) is 9.79 Å². The Morgan fingerprint density at radius 2 is 1.81 bits per heavy atom. The molecule has 1 unspecified atom stereocenters. The molecule has 0 heterocycles. The van der Waals surface area contributed by atoms with Crippen LogP contribution in [0.25, 0.3) is 0 Å². The van der Waals surface area contributed by atoms with Crippen LogP contribution in [0.3, 0.4) is 0 Å². The lowest BCUT2D eigenvalue weighted by molar-refractivity contribution is -0.128. The first-order valence-corrected chi connectivity index (χ1v) is 7.92. The number of ether oxygens (including phenoxy) is 1. The smallest absolute Gasteiger partial charge is 0.146 e. The van der Waals surface area contributed by atoms with Crippen molar-refractivity contribution in [3.63, 3.8) is 0 Å². The van der Waals surface area contributed by atoms with Gasteiger partial charge in [0.15, 0.2) is 0 Å². The molecule has 0 aromatic rings. The Balaban J connectivity index is 4.85. The molecule has 0 N–H and O–H groups in total. The fraction of sp³-hybridized carbons (Fsp3) is 0.882. The highest BCUT2D eigenvalue weighted by Crippen LogP contribution is 2.21. The van der Waals surface area contributed by atoms with E-state index in [0.717, 1.165) is 12.3 Å². The Hall–Kier alpha value is -0.740. The number of aliphatic imine (C=N–C) groups is 1. The Morgan fingerprint density at radius 3 is 2.24 bits per heavy atom. The summed E-state index contributed by atoms with van der Waals surface area (Å²) in [5.41, 5.74) is 0.551. The monoisotopic (exact) mass is 298 g/mol. The van der Waals surface area contributed by atoms with E-state index in [-0.39, 0.29) is 11.8 Å². The van der Waals surface area contributed by atoms with Gasteiger partial charge in [0.1, 0.15) is 5.78 Å². The van der Waals surface area contributed by atoms with Crippen molar-refractivity contribution in [3.8, 4) is 0 Å². The van der Waals surface area contributed by atoms with Crippen molar-refractivity contribution in [1.29, 1.82) is 0 Å². The van der Waals surface area contributed by atoms with Gasteiger partial charge in [0, 0.05) is 30.7 Å². The van der Waals surface area contributed by atoms with Crippen LogP contribution in [0.1, 0.15) is 48.0 Å². The quantitative estimate of drug-likeness (QED) is 0.582. The maximum absolute atomic E-state index is 12.5. The number of carbonyl (C=O) groups excluding carboxylic acids is 1. The van der Waals surface area contributed by atoms with Crippen LogP contribution in [0.2, 0.25) is 0 Å². The first-order chi connectivity index (χ1) is 9.60. The van der Waals surface area contributed by atoms with E-state index in [4.69, 9.17) is 9.73 Å². The molecule has 0 radical (unpaired) electrons. The lowest BCUT2D eigenvalue weighted by Crippen LogP contribution is -2.33. The van der Waals surface area contributed by atoms with Gasteiger partial charge in [0.05, 0.1) is 12.6 Å². The zero-order valence-corrected chi connectivity index (χ0v) is 15.2. The van der Waals surface area contributed by atoms with Gasteiger partial charge in [0.25, 0.3) is 0 Å². The highest BCUT2D eigenvalue weighted by Gasteiger charge is 2.29. The van der Waals surface area contributed by atoms with E-state index in [2.05, 4.69) is 25.7 Å². The average Bonchev–Trinajstić information content (AvgIpc) is 2.34. The predicted octanol–water partition coefficient (Wildman–Crippen LogP) is 3.06. The molecule has 0 bridgehead atoms. The summed E-state index contributed by atoms with van der Waals surface area (Å²) in [5.74, 6) is 0.502. The zero-order valence-electron chi connectivity index (χ0n) is 15.2. The van der Waals surface area contributed by atoms with Crippen LogP contribution in [-0.2, 0) is 9.53 Å². The van der Waals surface area contributed by atoms with E-state index in [1.807, 2.05) is 34.9 Å². The van der Waals surface area contributed by atoms with Crippen molar-refractivity contribution in [3.05, 3.63) is 0 Å². The molecule has 0 aliphatic rings. The van der Waals surface area contributed by atoms with E-state index in [9.17, 15) is 4.79 Å². The SMILES string of the molecule is CCOCC(C)(C)C(=O)CC(=NC(C)CN(C)C)C(C)C. The summed E-state index contributed by atoms with van der Waals surface area (Å²) in [6, 6.07) is 0.209. The molecule has 0 aromatic carbocycles. The summed E-state index contributed by atoms with van der Waals surface area (Å²) in [6.07, 6.45) is 0.426. The number of Topliss-reactive ketones (excluding diaryl/α,β-unsaturated/α-hetero) is 1. The van der Waals surface area contributed by atoms with Crippen molar-refractivity contribution in [2.45, 2.75) is 54.0 Å². The van der Waals surface area contributed by atoms with Gasteiger partial charge < -0.3 is 9.64 Å². The number of likely N-dealkylation sites (N-methyl/N-ethyl adjacent to an activating group) is 1. The van der Waals surface area contributed by atoms with Crippen molar-refractivity contribution in [2.75, 3.05) is 33.9 Å². The predicted molar refractivity (Wildman–Crippen MR) is 90.2 cm³/mol. The van der Waals surface area contributed by atoms with Gasteiger partial charge in [-0.1, -0.05) is 27.7 Å². The number of ketones is 1. The molecule has 0 spiro atoms. The third kappa shape index (κ3) is 8.32. The molecule has 4 heteroatoms. The van der Waals surface area contributed by atoms with E-state index in [1.165, 1.54) is 0 Å². The minimum absolute atomic E-state index is 0.209. The van der Waals surface area contributed by atoms with Crippen molar-refractivity contribution >= 4 is 11.5 Å². The number of hydrogen-bond acceptors (Lipinski definition) is 4. The molecule has 0 rings (SSSR count). The highest BCUT2D eigenvalue weighted by molar-refractivity contribution is 6.04. The minimum Gasteiger partial charge on any atom is -0.381 e. The molecule has 124 valence electrons. The van der Waals surface area contributed by atoms with E-state index >= 15 is 0 Å². The summed E-state index contributed by atoms with van der Waals surface area (Å²) >= 11 is 0. The summed E-state index contributed by atoms with van der Waals surface area (Å²) in [4.78, 5) is 19.4. The first-order valence-electron chi connectivity index (χ1n) is 7.92. The van der Waals surface area contributed by atoms with Gasteiger partial charge in [-0.25, -0.2) is 0 Å². The van der Waals surface area contributed by atoms with Gasteiger partial charge in [-0.2, -0.15) is 0 Å². The van der Waals surface area contributed by atoms with Crippen molar-refractivity contribution < 1.29 is 9.53 Å². The lowest BCUT2D eigenvalue weighted by Gasteiger charge is -2.24. The van der Waals surface area contributed by atoms with Crippen LogP contribution in [0.4, 0.5) is 0 Å². The normalized spacial score (nSPS) is 14.9. The summed E-state index contributed by atoms with van der Waals surface area (Å²) in [6.45, 7) is 14.2. The van der Waals surface area contributed by atoms with Crippen LogP contribution in [0.15, 0.2) is 4.99 Å². The fourth-order valence-corrected chi connectivity index (χ4v) is 2.09. The number of hydrogen-bond donors (Lipinski definition) is 0. The van der Waals surface area contributed by atoms with Gasteiger partial charge in [-0.05, 0) is 33.9 Å². The minimum atomic E-state index is -0.448. The fourth-order valence-electron chi connectivity index (χ4n) is 2.09. The van der Waals surface area contributed by atoms with Crippen LogP contribution in [0, 0.1) is 11.3 Å². The second kappa shape index (κ2) is 9.31.